The van der Waals surface area contributed by atoms with Crippen LogP contribution in [0.4, 0.5) is 0 Å². The highest BCUT2D eigenvalue weighted by Gasteiger charge is 2.41. The molecule has 0 unspecified atom stereocenters. The van der Waals surface area contributed by atoms with Gasteiger partial charge in [-0.05, 0) is 43.2 Å². The molecule has 0 radical (unpaired) electrons. The van der Waals surface area contributed by atoms with E-state index >= 15 is 0 Å². The molecule has 1 aromatic rings. The standard InChI is InChI=1S/C14H17NO3S/c1-17-11-7-10(13(19-3)8-12(11)18-2)14(15-9-16)5-4-6-14/h7-8H,4-6H2,1-3H3. The fraction of sp³-hybridized carbons (Fsp3) is 0.500. The van der Waals surface area contributed by atoms with Crippen LogP contribution < -0.4 is 9.47 Å². The van der Waals surface area contributed by atoms with Gasteiger partial charge in [0.15, 0.2) is 11.5 Å². The van der Waals surface area contributed by atoms with Gasteiger partial charge in [0.25, 0.3) is 0 Å². The van der Waals surface area contributed by atoms with E-state index in [1.54, 1.807) is 32.1 Å². The zero-order chi connectivity index (χ0) is 13.9. The predicted octanol–water partition coefficient (Wildman–Crippen LogP) is 3.14. The number of methoxy groups -OCH3 is 2. The van der Waals surface area contributed by atoms with Gasteiger partial charge in [0.2, 0.25) is 6.08 Å². The summed E-state index contributed by atoms with van der Waals surface area (Å²) in [6, 6.07) is 3.88. The van der Waals surface area contributed by atoms with Crippen LogP contribution in [0.3, 0.4) is 0 Å². The van der Waals surface area contributed by atoms with Crippen molar-refractivity contribution < 1.29 is 14.3 Å². The Labute approximate surface area is 117 Å². The highest BCUT2D eigenvalue weighted by molar-refractivity contribution is 7.98. The summed E-state index contributed by atoms with van der Waals surface area (Å²) in [5.74, 6) is 1.36. The van der Waals surface area contributed by atoms with Gasteiger partial charge in [-0.2, -0.15) is 4.99 Å². The summed E-state index contributed by atoms with van der Waals surface area (Å²) in [5, 5.41) is 0. The molecular formula is C14H17NO3S. The van der Waals surface area contributed by atoms with E-state index < -0.39 is 5.54 Å². The van der Waals surface area contributed by atoms with Crippen molar-refractivity contribution >= 4 is 17.8 Å². The van der Waals surface area contributed by atoms with Gasteiger partial charge >= 0.3 is 0 Å². The Hall–Kier alpha value is -1.45. The summed E-state index contributed by atoms with van der Waals surface area (Å²) in [6.07, 6.45) is 6.56. The predicted molar refractivity (Wildman–Crippen MR) is 75.0 cm³/mol. The molecule has 5 heteroatoms. The number of thioether (sulfide) groups is 1. The lowest BCUT2D eigenvalue weighted by molar-refractivity contribution is 0.249. The molecule has 102 valence electrons. The fourth-order valence-corrected chi connectivity index (χ4v) is 3.13. The number of nitrogens with zero attached hydrogens (tertiary/aromatic N) is 1. The number of hydrogen-bond donors (Lipinski definition) is 0. The third-order valence-electron chi connectivity index (χ3n) is 3.65. The monoisotopic (exact) mass is 279 g/mol. The van der Waals surface area contributed by atoms with Crippen molar-refractivity contribution in [1.29, 1.82) is 0 Å². The first-order valence-electron chi connectivity index (χ1n) is 6.10. The molecule has 1 aliphatic rings. The third-order valence-corrected chi connectivity index (χ3v) is 4.42. The van der Waals surface area contributed by atoms with Crippen molar-refractivity contribution in [1.82, 2.24) is 0 Å². The lowest BCUT2D eigenvalue weighted by Crippen LogP contribution is -2.32. The van der Waals surface area contributed by atoms with Crippen LogP contribution in [0.2, 0.25) is 0 Å². The number of ether oxygens (including phenoxy) is 2. The summed E-state index contributed by atoms with van der Waals surface area (Å²) < 4.78 is 10.7. The lowest BCUT2D eigenvalue weighted by Gasteiger charge is -2.38. The van der Waals surface area contributed by atoms with Gasteiger partial charge in [-0.15, -0.1) is 11.8 Å². The zero-order valence-corrected chi connectivity index (χ0v) is 12.2. The third kappa shape index (κ3) is 2.36. The molecule has 0 aliphatic heterocycles. The molecule has 2 rings (SSSR count). The number of carbonyl (C=O) groups excluding carboxylic acids is 1. The van der Waals surface area contributed by atoms with Crippen LogP contribution in [-0.4, -0.2) is 26.6 Å². The van der Waals surface area contributed by atoms with E-state index in [-0.39, 0.29) is 0 Å². The molecule has 1 saturated carbocycles. The van der Waals surface area contributed by atoms with Crippen LogP contribution >= 0.6 is 11.8 Å². The Balaban J connectivity index is 2.58. The maximum atomic E-state index is 10.7. The van der Waals surface area contributed by atoms with E-state index in [0.717, 1.165) is 29.7 Å². The second-order valence-corrected chi connectivity index (χ2v) is 5.34. The van der Waals surface area contributed by atoms with Crippen LogP contribution in [0.15, 0.2) is 22.0 Å². The van der Waals surface area contributed by atoms with Crippen LogP contribution in [0.1, 0.15) is 24.8 Å². The molecule has 1 aromatic carbocycles. The van der Waals surface area contributed by atoms with Gasteiger partial charge in [0.1, 0.15) is 0 Å². The second kappa shape index (κ2) is 5.68. The Morgan fingerprint density at radius 1 is 1.26 bits per heavy atom. The first-order chi connectivity index (χ1) is 9.20. The van der Waals surface area contributed by atoms with Crippen LogP contribution in [0.5, 0.6) is 11.5 Å². The minimum atomic E-state index is -0.417. The van der Waals surface area contributed by atoms with E-state index in [1.807, 2.05) is 18.4 Å². The van der Waals surface area contributed by atoms with E-state index in [1.165, 1.54) is 0 Å². The van der Waals surface area contributed by atoms with Gasteiger partial charge in [0, 0.05) is 4.90 Å². The largest absolute Gasteiger partial charge is 0.493 e. The molecule has 4 nitrogen and oxygen atoms in total. The average Bonchev–Trinajstić information content (AvgIpc) is 2.41. The molecule has 1 fully saturated rings. The van der Waals surface area contributed by atoms with E-state index in [0.29, 0.717) is 11.5 Å². The van der Waals surface area contributed by atoms with Gasteiger partial charge in [-0.1, -0.05) is 0 Å². The summed E-state index contributed by atoms with van der Waals surface area (Å²) in [6.45, 7) is 0. The van der Waals surface area contributed by atoms with Crippen molar-refractivity contribution in [3.05, 3.63) is 17.7 Å². The Morgan fingerprint density at radius 3 is 2.32 bits per heavy atom. The molecule has 1 aliphatic carbocycles. The molecular weight excluding hydrogens is 262 g/mol. The van der Waals surface area contributed by atoms with Crippen LogP contribution in [0.25, 0.3) is 0 Å². The summed E-state index contributed by atoms with van der Waals surface area (Å²) in [4.78, 5) is 15.8. The van der Waals surface area contributed by atoms with Gasteiger partial charge in [0.05, 0.1) is 19.8 Å². The lowest BCUT2D eigenvalue weighted by atomic mass is 9.72. The smallest absolute Gasteiger partial charge is 0.235 e. The first kappa shape index (κ1) is 14.0. The minimum absolute atomic E-state index is 0.417. The minimum Gasteiger partial charge on any atom is -0.493 e. The van der Waals surface area contributed by atoms with Gasteiger partial charge in [-0.25, -0.2) is 4.79 Å². The highest BCUT2D eigenvalue weighted by atomic mass is 32.2. The SMILES string of the molecule is COc1cc(SC)c(C2(N=C=O)CCC2)cc1OC. The Kier molecular flexibility index (Phi) is 4.17. The fourth-order valence-electron chi connectivity index (χ4n) is 2.43. The summed E-state index contributed by atoms with van der Waals surface area (Å²) >= 11 is 1.62. The van der Waals surface area contributed by atoms with E-state index in [9.17, 15) is 4.79 Å². The number of benzene rings is 1. The first-order valence-corrected chi connectivity index (χ1v) is 7.33. The molecule has 0 heterocycles. The molecule has 0 atom stereocenters. The van der Waals surface area contributed by atoms with Crippen molar-refractivity contribution in [2.75, 3.05) is 20.5 Å². The number of hydrogen-bond acceptors (Lipinski definition) is 5. The van der Waals surface area contributed by atoms with E-state index in [2.05, 4.69) is 4.99 Å². The van der Waals surface area contributed by atoms with Crippen LogP contribution in [0, 0.1) is 0 Å². The Bertz CT molecular complexity index is 520. The molecule has 0 aromatic heterocycles. The quantitative estimate of drug-likeness (QED) is 0.472. The molecule has 0 amide bonds. The average molecular weight is 279 g/mol. The summed E-state index contributed by atoms with van der Waals surface area (Å²) in [7, 11) is 3.22. The van der Waals surface area contributed by atoms with E-state index in [4.69, 9.17) is 9.47 Å². The van der Waals surface area contributed by atoms with Gasteiger partial charge < -0.3 is 9.47 Å². The summed E-state index contributed by atoms with van der Waals surface area (Å²) in [5.41, 5.74) is 0.617. The van der Waals surface area contributed by atoms with Crippen molar-refractivity contribution in [2.45, 2.75) is 29.7 Å². The van der Waals surface area contributed by atoms with Crippen molar-refractivity contribution in [3.8, 4) is 11.5 Å². The van der Waals surface area contributed by atoms with Crippen molar-refractivity contribution in [2.24, 2.45) is 4.99 Å². The maximum Gasteiger partial charge on any atom is 0.235 e. The number of rotatable bonds is 5. The molecule has 0 N–H and O–H groups in total. The molecule has 0 saturated heterocycles. The van der Waals surface area contributed by atoms with Gasteiger partial charge in [-0.3, -0.25) is 0 Å². The van der Waals surface area contributed by atoms with Crippen molar-refractivity contribution in [3.63, 3.8) is 0 Å². The maximum absolute atomic E-state index is 10.7. The topological polar surface area (TPSA) is 47.9 Å². The zero-order valence-electron chi connectivity index (χ0n) is 11.4. The normalized spacial score (nSPS) is 16.2. The Morgan fingerprint density at radius 2 is 1.89 bits per heavy atom. The van der Waals surface area contributed by atoms with Crippen LogP contribution in [-0.2, 0) is 10.3 Å². The number of isocyanates is 1. The molecule has 19 heavy (non-hydrogen) atoms. The second-order valence-electron chi connectivity index (χ2n) is 4.50. The number of aliphatic imine (C=N–C) groups is 1. The molecule has 0 spiro atoms. The highest BCUT2D eigenvalue weighted by Crippen LogP contribution is 2.50. The molecule has 0 bridgehead atoms.